The lowest BCUT2D eigenvalue weighted by atomic mass is 9.89. The van der Waals surface area contributed by atoms with Crippen LogP contribution in [0.4, 0.5) is 9.18 Å². The van der Waals surface area contributed by atoms with Crippen LogP contribution in [0.1, 0.15) is 82.2 Å². The van der Waals surface area contributed by atoms with Gasteiger partial charge >= 0.3 is 6.09 Å². The van der Waals surface area contributed by atoms with E-state index >= 15 is 4.39 Å². The van der Waals surface area contributed by atoms with Crippen LogP contribution in [-0.4, -0.2) is 36.6 Å². The Hall–Kier alpha value is -1.22. The summed E-state index contributed by atoms with van der Waals surface area (Å²) in [6, 6.07) is 1.31. The van der Waals surface area contributed by atoms with Crippen LogP contribution in [0.5, 0.6) is 0 Å². The normalized spacial score (nSPS) is 18.8. The number of carbonyl (C=O) groups is 1. The Morgan fingerprint density at radius 3 is 2.27 bits per heavy atom. The summed E-state index contributed by atoms with van der Waals surface area (Å²) >= 11 is 6.18. The van der Waals surface area contributed by atoms with Gasteiger partial charge in [0.1, 0.15) is 11.2 Å². The minimum Gasteiger partial charge on any atom is -0.444 e. The zero-order valence-corrected chi connectivity index (χ0v) is 23.2. The first-order valence-electron chi connectivity index (χ1n) is 12.3. The Kier molecular flexibility index (Phi) is 6.86. The summed E-state index contributed by atoms with van der Waals surface area (Å²) in [4.78, 5) is 16.4. The minimum atomic E-state index is -2.69. The van der Waals surface area contributed by atoms with Crippen LogP contribution >= 0.6 is 11.6 Å². The molecule has 1 aromatic rings. The molecule has 33 heavy (non-hydrogen) atoms. The standard InChI is InChI=1S/C24H40ClFN2O4Si/c1-21(2,3)31-20(29)27-14-24(30,15-11-12-15)17-13-16(18(26)19(25)28-17)23(7,8)32-33(9,10)22(4,5)6/h13,15,30H,11-12,14H2,1-10H3,(H,27,29)/i14D2. The molecule has 0 aliphatic heterocycles. The van der Waals surface area contributed by atoms with Crippen molar-refractivity contribution in [3.63, 3.8) is 0 Å². The summed E-state index contributed by atoms with van der Waals surface area (Å²) < 4.78 is 44.2. The topological polar surface area (TPSA) is 80.7 Å². The van der Waals surface area contributed by atoms with Gasteiger partial charge in [-0.2, -0.15) is 0 Å². The average Bonchev–Trinajstić information content (AvgIpc) is 3.44. The molecule has 0 radical (unpaired) electrons. The summed E-state index contributed by atoms with van der Waals surface area (Å²) in [6.45, 7) is 16.0. The number of rotatable bonds is 7. The van der Waals surface area contributed by atoms with Gasteiger partial charge < -0.3 is 19.6 Å². The van der Waals surface area contributed by atoms with E-state index < -0.39 is 54.6 Å². The number of hydrogen-bond donors (Lipinski definition) is 2. The van der Waals surface area contributed by atoms with Crippen molar-refractivity contribution in [3.05, 3.63) is 28.3 Å². The van der Waals surface area contributed by atoms with Crippen LogP contribution < -0.4 is 5.32 Å². The quantitative estimate of drug-likeness (QED) is 0.338. The largest absolute Gasteiger partial charge is 0.444 e. The fourth-order valence-corrected chi connectivity index (χ4v) is 5.19. The molecule has 188 valence electrons. The monoisotopic (exact) mass is 504 g/mol. The molecule has 1 unspecified atom stereocenters. The number of aromatic nitrogens is 1. The Bertz CT molecular complexity index is 975. The van der Waals surface area contributed by atoms with Gasteiger partial charge in [0.2, 0.25) is 0 Å². The van der Waals surface area contributed by atoms with E-state index in [4.69, 9.17) is 23.5 Å². The van der Waals surface area contributed by atoms with Crippen molar-refractivity contribution in [2.45, 2.75) is 103 Å². The van der Waals surface area contributed by atoms with Gasteiger partial charge in [-0.1, -0.05) is 32.4 Å². The predicted molar refractivity (Wildman–Crippen MR) is 131 cm³/mol. The van der Waals surface area contributed by atoms with E-state index in [1.54, 1.807) is 34.6 Å². The highest BCUT2D eigenvalue weighted by Gasteiger charge is 2.48. The number of carbonyl (C=O) groups excluding carboxylic acids is 1. The zero-order chi connectivity index (χ0) is 27.4. The van der Waals surface area contributed by atoms with Gasteiger partial charge in [0.25, 0.3) is 0 Å². The highest BCUT2D eigenvalue weighted by molar-refractivity contribution is 6.74. The van der Waals surface area contributed by atoms with E-state index in [1.165, 1.54) is 6.07 Å². The summed E-state index contributed by atoms with van der Waals surface area (Å²) in [6.07, 6.45) is -0.0272. The lowest BCUT2D eigenvalue weighted by molar-refractivity contribution is 0.00111. The van der Waals surface area contributed by atoms with Gasteiger partial charge in [0.05, 0.1) is 20.5 Å². The highest BCUT2D eigenvalue weighted by atomic mass is 35.5. The van der Waals surface area contributed by atoms with Gasteiger partial charge in [-0.3, -0.25) is 0 Å². The predicted octanol–water partition coefficient (Wildman–Crippen LogP) is 6.25. The Morgan fingerprint density at radius 1 is 1.27 bits per heavy atom. The van der Waals surface area contributed by atoms with Gasteiger partial charge in [-0.25, -0.2) is 14.2 Å². The lowest BCUT2D eigenvalue weighted by Gasteiger charge is -2.43. The van der Waals surface area contributed by atoms with E-state index in [1.807, 2.05) is 13.1 Å². The first-order valence-corrected chi connectivity index (χ1v) is 14.5. The maximum absolute atomic E-state index is 15.3. The van der Waals surface area contributed by atoms with Crippen LogP contribution in [0.15, 0.2) is 6.07 Å². The summed E-state index contributed by atoms with van der Waals surface area (Å²) in [5.74, 6) is -1.35. The number of halogens is 2. The molecule has 2 rings (SSSR count). The number of alkyl carbamates (subject to hydrolysis) is 1. The van der Waals surface area contributed by atoms with Crippen LogP contribution in [0, 0.1) is 11.7 Å². The third-order valence-electron chi connectivity index (χ3n) is 6.20. The first-order chi connectivity index (χ1) is 15.4. The molecule has 1 aliphatic carbocycles. The van der Waals surface area contributed by atoms with Crippen molar-refractivity contribution in [3.8, 4) is 0 Å². The molecule has 0 spiro atoms. The van der Waals surface area contributed by atoms with Crippen molar-refractivity contribution < 1.29 is 26.2 Å². The van der Waals surface area contributed by atoms with Crippen molar-refractivity contribution in [2.75, 3.05) is 6.50 Å². The molecule has 0 bridgehead atoms. The molecule has 1 heterocycles. The molecule has 9 heteroatoms. The molecule has 2 N–H and O–H groups in total. The van der Waals surface area contributed by atoms with Gasteiger partial charge in [-0.05, 0) is 77.6 Å². The molecule has 1 aromatic heterocycles. The van der Waals surface area contributed by atoms with Gasteiger partial charge in [-0.15, -0.1) is 0 Å². The second kappa shape index (κ2) is 9.09. The van der Waals surface area contributed by atoms with E-state index in [-0.39, 0.29) is 16.3 Å². The Balaban J connectivity index is 2.58. The second-order valence-corrected chi connectivity index (χ2v) is 16.9. The molecule has 1 saturated carbocycles. The molecule has 1 atom stereocenters. The van der Waals surface area contributed by atoms with Crippen molar-refractivity contribution in [2.24, 2.45) is 5.92 Å². The minimum absolute atomic E-state index is 0.0597. The SMILES string of the molecule is [2H]C([2H])(NC(=O)OC(C)(C)C)C(O)(c1cc(C(C)(C)O[Si](C)(C)C(C)(C)C)c(F)c(Cl)n1)C1CC1. The van der Waals surface area contributed by atoms with Crippen molar-refractivity contribution in [1.29, 1.82) is 0 Å². The Morgan fingerprint density at radius 2 is 1.82 bits per heavy atom. The van der Waals surface area contributed by atoms with Crippen LogP contribution in [0.2, 0.25) is 23.3 Å². The van der Waals surface area contributed by atoms with Crippen molar-refractivity contribution in [1.82, 2.24) is 10.3 Å². The summed E-state index contributed by atoms with van der Waals surface area (Å²) in [5, 5.41) is 13.2. The van der Waals surface area contributed by atoms with Crippen LogP contribution in [0.3, 0.4) is 0 Å². The zero-order valence-electron chi connectivity index (χ0n) is 23.4. The van der Waals surface area contributed by atoms with Gasteiger partial charge in [0, 0.05) is 5.56 Å². The third-order valence-corrected chi connectivity index (χ3v) is 11.1. The first kappa shape index (κ1) is 24.9. The maximum atomic E-state index is 15.3. The lowest BCUT2D eigenvalue weighted by Crippen LogP contribution is -2.47. The number of nitrogens with one attached hydrogen (secondary N) is 1. The number of hydrogen-bond acceptors (Lipinski definition) is 5. The molecular weight excluding hydrogens is 463 g/mol. The molecule has 1 amide bonds. The highest BCUT2D eigenvalue weighted by Crippen LogP contribution is 2.47. The summed E-state index contributed by atoms with van der Waals surface area (Å²) in [7, 11) is -2.36. The number of nitrogens with zero attached hydrogens (tertiary/aromatic N) is 1. The third kappa shape index (κ3) is 6.68. The number of ether oxygens (including phenoxy) is 1. The Labute approximate surface area is 206 Å². The fourth-order valence-electron chi connectivity index (χ4n) is 3.30. The van der Waals surface area contributed by atoms with Crippen LogP contribution in [-0.2, 0) is 20.4 Å². The molecular formula is C24H40ClFN2O4Si. The van der Waals surface area contributed by atoms with E-state index in [0.717, 1.165) is 0 Å². The summed E-state index contributed by atoms with van der Waals surface area (Å²) in [5.41, 5.74) is -4.40. The number of pyridine rings is 1. The average molecular weight is 505 g/mol. The van der Waals surface area contributed by atoms with E-state index in [9.17, 15) is 9.90 Å². The van der Waals surface area contributed by atoms with E-state index in [0.29, 0.717) is 12.8 Å². The molecule has 6 nitrogen and oxygen atoms in total. The van der Waals surface area contributed by atoms with Crippen LogP contribution in [0.25, 0.3) is 0 Å². The smallest absolute Gasteiger partial charge is 0.407 e. The molecule has 0 saturated heterocycles. The number of aliphatic hydroxyl groups is 1. The maximum Gasteiger partial charge on any atom is 0.407 e. The second-order valence-electron chi connectivity index (χ2n) is 11.8. The van der Waals surface area contributed by atoms with E-state index in [2.05, 4.69) is 31.1 Å². The fraction of sp³-hybridized carbons (Fsp3) is 0.750. The van der Waals surface area contributed by atoms with Gasteiger partial charge in [0.15, 0.2) is 19.3 Å². The molecule has 0 aromatic carbocycles. The number of amides is 1. The molecule has 1 fully saturated rings. The molecule has 1 aliphatic rings. The van der Waals surface area contributed by atoms with Crippen molar-refractivity contribution >= 4 is 26.0 Å².